The third-order valence-electron chi connectivity index (χ3n) is 6.35. The van der Waals surface area contributed by atoms with Crippen LogP contribution in [0.3, 0.4) is 0 Å². The number of nitrogens with one attached hydrogen (secondary N) is 1. The number of rotatable bonds is 4. The molecule has 8 nitrogen and oxygen atoms in total. The van der Waals surface area contributed by atoms with Crippen molar-refractivity contribution in [2.24, 2.45) is 0 Å². The number of methoxy groups -OCH3 is 1. The second-order valence-corrected chi connectivity index (χ2v) is 10.1. The molecule has 0 spiro atoms. The lowest BCUT2D eigenvalue weighted by atomic mass is 10.1. The zero-order valence-electron chi connectivity index (χ0n) is 21.0. The normalized spacial score (nSPS) is 13.5. The Morgan fingerprint density at radius 3 is 2.55 bits per heavy atom. The molecule has 1 saturated heterocycles. The minimum Gasteiger partial charge on any atom is -0.497 e. The Balaban J connectivity index is 0.000000758. The molecule has 4 heterocycles. The largest absolute Gasteiger partial charge is 0.497 e. The Bertz CT molecular complexity index is 1800. The number of H-pyrrole nitrogens is 1. The van der Waals surface area contributed by atoms with Gasteiger partial charge in [-0.2, -0.15) is 13.2 Å². The number of hydrogen-bond acceptors (Lipinski definition) is 7. The lowest BCUT2D eigenvalue weighted by molar-refractivity contribution is 0.00819. The van der Waals surface area contributed by atoms with Gasteiger partial charge in [0.05, 0.1) is 37.7 Å². The van der Waals surface area contributed by atoms with E-state index in [0.29, 0.717) is 39.9 Å². The molecule has 2 aromatic carbocycles. The highest BCUT2D eigenvalue weighted by molar-refractivity contribution is 7.22. The predicted molar refractivity (Wildman–Crippen MR) is 150 cm³/mol. The molecule has 13 heteroatoms. The molecule has 0 unspecified atom stereocenters. The third kappa shape index (κ3) is 5.55. The molecule has 1 fully saturated rings. The number of hydrogen-bond donors (Lipinski definition) is 1. The van der Waals surface area contributed by atoms with Crippen molar-refractivity contribution in [1.29, 1.82) is 0 Å². The number of halogens is 4. The summed E-state index contributed by atoms with van der Waals surface area (Å²) in [5, 5.41) is 2.14. The smallest absolute Gasteiger partial charge is 0.379 e. The minimum absolute atomic E-state index is 0.407. The second kappa shape index (κ2) is 11.7. The molecule has 5 aromatic rings. The monoisotopic (exact) mass is 590 g/mol. The van der Waals surface area contributed by atoms with Gasteiger partial charge in [0.25, 0.3) is 5.56 Å². The van der Waals surface area contributed by atoms with Gasteiger partial charge in [-0.15, -0.1) is 11.3 Å². The number of fused-ring (bicyclic) bond motifs is 2. The summed E-state index contributed by atoms with van der Waals surface area (Å²) in [6, 6.07) is 13.1. The van der Waals surface area contributed by atoms with Gasteiger partial charge < -0.3 is 19.4 Å². The van der Waals surface area contributed by atoms with Crippen LogP contribution in [0.5, 0.6) is 5.75 Å². The summed E-state index contributed by atoms with van der Waals surface area (Å²) in [5.74, 6) is 0.649. The summed E-state index contributed by atoms with van der Waals surface area (Å²) in [7, 11) is 1.58. The Labute approximate surface area is 234 Å². The first-order chi connectivity index (χ1) is 19.3. The van der Waals surface area contributed by atoms with Gasteiger partial charge in [0, 0.05) is 51.2 Å². The van der Waals surface area contributed by atoms with E-state index in [0.717, 1.165) is 44.6 Å². The van der Waals surface area contributed by atoms with E-state index in [4.69, 9.17) is 21.1 Å². The molecule has 0 aliphatic carbocycles. The highest BCUT2D eigenvalue weighted by atomic mass is 35.5. The fourth-order valence-corrected chi connectivity index (χ4v) is 5.86. The SMILES string of the molecule is COc1ccc(Cl)c(-c2cc3[nH]c(=O)n(-c4cncc5ccc(N6CCOCC6)cc45)c(=O)c3s2)c1.FC(F)F. The highest BCUT2D eigenvalue weighted by Gasteiger charge is 2.18. The fourth-order valence-electron chi connectivity index (χ4n) is 4.51. The van der Waals surface area contributed by atoms with Crippen molar-refractivity contribution < 1.29 is 22.6 Å². The van der Waals surface area contributed by atoms with Gasteiger partial charge in [-0.3, -0.25) is 9.78 Å². The second-order valence-electron chi connectivity index (χ2n) is 8.68. The number of nitrogens with zero attached hydrogens (tertiary/aromatic N) is 3. The number of benzene rings is 2. The summed E-state index contributed by atoms with van der Waals surface area (Å²) in [5.41, 5.74) is 1.70. The van der Waals surface area contributed by atoms with Crippen LogP contribution < -0.4 is 20.9 Å². The van der Waals surface area contributed by atoms with E-state index in [1.807, 2.05) is 24.3 Å². The van der Waals surface area contributed by atoms with Gasteiger partial charge in [0.1, 0.15) is 10.4 Å². The van der Waals surface area contributed by atoms with E-state index in [-0.39, 0.29) is 0 Å². The van der Waals surface area contributed by atoms with Crippen LogP contribution in [0, 0.1) is 0 Å². The Kier molecular flexibility index (Phi) is 8.10. The first-order valence-electron chi connectivity index (χ1n) is 12.0. The molecule has 6 rings (SSSR count). The van der Waals surface area contributed by atoms with Gasteiger partial charge in [-0.25, -0.2) is 9.36 Å². The maximum atomic E-state index is 13.7. The van der Waals surface area contributed by atoms with Crippen LogP contribution in [0.1, 0.15) is 0 Å². The molecule has 0 bridgehead atoms. The number of thiophene rings is 1. The van der Waals surface area contributed by atoms with E-state index >= 15 is 0 Å². The first-order valence-corrected chi connectivity index (χ1v) is 13.2. The summed E-state index contributed by atoms with van der Waals surface area (Å²) < 4.78 is 41.4. The van der Waals surface area contributed by atoms with Gasteiger partial charge in [0.2, 0.25) is 0 Å². The van der Waals surface area contributed by atoms with Crippen molar-refractivity contribution in [3.05, 3.63) is 80.7 Å². The summed E-state index contributed by atoms with van der Waals surface area (Å²) in [4.78, 5) is 37.0. The van der Waals surface area contributed by atoms with Crippen LogP contribution in [-0.2, 0) is 4.74 Å². The molecule has 40 heavy (non-hydrogen) atoms. The van der Waals surface area contributed by atoms with E-state index in [9.17, 15) is 22.8 Å². The average Bonchev–Trinajstić information content (AvgIpc) is 3.37. The molecular formula is C27H22ClF3N4O4S. The number of alkyl halides is 3. The maximum absolute atomic E-state index is 13.7. The van der Waals surface area contributed by atoms with Crippen LogP contribution in [-0.4, -0.2) is 54.6 Å². The molecule has 208 valence electrons. The first kappa shape index (κ1) is 27.7. The molecular weight excluding hydrogens is 569 g/mol. The molecule has 1 N–H and O–H groups in total. The minimum atomic E-state index is -3.67. The standard InChI is InChI=1S/C26H21ClN4O4S.CHF3/c1-34-17-4-5-20(27)19(11-17)23-12-21-24(36-23)25(32)31(26(33)29-21)22-14-28-13-15-2-3-16(10-18(15)22)30-6-8-35-9-7-30;2-1(3)4/h2-5,10-14H,6-9H2,1H3,(H,29,33);1H. The topological polar surface area (TPSA) is 89.5 Å². The Morgan fingerprint density at radius 1 is 1.07 bits per heavy atom. The summed E-state index contributed by atoms with van der Waals surface area (Å²) >= 11 is 7.71. The van der Waals surface area contributed by atoms with Crippen LogP contribution in [0.2, 0.25) is 5.02 Å². The lowest BCUT2D eigenvalue weighted by Gasteiger charge is -2.29. The van der Waals surface area contributed by atoms with Crippen LogP contribution in [0.25, 0.3) is 37.1 Å². The maximum Gasteiger partial charge on any atom is 0.379 e. The number of aromatic nitrogens is 3. The van der Waals surface area contributed by atoms with Crippen molar-refractivity contribution in [1.82, 2.24) is 14.5 Å². The zero-order chi connectivity index (χ0) is 28.4. The highest BCUT2D eigenvalue weighted by Crippen LogP contribution is 2.37. The molecule has 0 saturated carbocycles. The molecule has 1 aliphatic heterocycles. The quantitative estimate of drug-likeness (QED) is 0.292. The zero-order valence-corrected chi connectivity index (χ0v) is 22.6. The van der Waals surface area contributed by atoms with Crippen molar-refractivity contribution in [3.8, 4) is 21.9 Å². The lowest BCUT2D eigenvalue weighted by Crippen LogP contribution is -2.36. The molecule has 0 atom stereocenters. The number of aromatic amines is 1. The van der Waals surface area contributed by atoms with Crippen molar-refractivity contribution in [3.63, 3.8) is 0 Å². The van der Waals surface area contributed by atoms with Crippen molar-refractivity contribution in [2.45, 2.75) is 6.68 Å². The van der Waals surface area contributed by atoms with E-state index in [1.165, 1.54) is 11.3 Å². The van der Waals surface area contributed by atoms with Gasteiger partial charge >= 0.3 is 12.4 Å². The van der Waals surface area contributed by atoms with Gasteiger partial charge in [0.15, 0.2) is 0 Å². The third-order valence-corrected chi connectivity index (χ3v) is 7.84. The average molecular weight is 591 g/mol. The Morgan fingerprint density at radius 2 is 1.82 bits per heavy atom. The van der Waals surface area contributed by atoms with E-state index < -0.39 is 17.9 Å². The summed E-state index contributed by atoms with van der Waals surface area (Å²) in [6.45, 7) is -0.781. The number of ether oxygens (including phenoxy) is 2. The van der Waals surface area contributed by atoms with Crippen LogP contribution in [0.15, 0.2) is 64.4 Å². The van der Waals surface area contributed by atoms with Crippen LogP contribution in [0.4, 0.5) is 18.9 Å². The Hall–Kier alpha value is -3.87. The van der Waals surface area contributed by atoms with Crippen molar-refractivity contribution in [2.75, 3.05) is 38.3 Å². The van der Waals surface area contributed by atoms with Crippen LogP contribution >= 0.6 is 22.9 Å². The number of pyridine rings is 1. The van der Waals surface area contributed by atoms with Gasteiger partial charge in [-0.1, -0.05) is 17.7 Å². The van der Waals surface area contributed by atoms with E-state index in [1.54, 1.807) is 37.7 Å². The number of anilines is 1. The predicted octanol–water partition coefficient (Wildman–Crippen LogP) is 5.63. The number of morpholine rings is 1. The van der Waals surface area contributed by atoms with E-state index in [2.05, 4.69) is 14.9 Å². The molecule has 1 aliphatic rings. The molecule has 3 aromatic heterocycles. The van der Waals surface area contributed by atoms with Crippen molar-refractivity contribution >= 4 is 49.6 Å². The summed E-state index contributed by atoms with van der Waals surface area (Å²) in [6.07, 6.45) is 3.29. The van der Waals surface area contributed by atoms with Gasteiger partial charge in [-0.05, 0) is 36.4 Å². The molecule has 0 radical (unpaired) electrons. The molecule has 0 amide bonds. The fraction of sp³-hybridized carbons (Fsp3) is 0.222.